The molecule has 0 aliphatic carbocycles. The van der Waals surface area contributed by atoms with E-state index >= 15 is 0 Å². The number of unbranched alkanes of at least 4 members (excludes halogenated alkanes) is 2. The van der Waals surface area contributed by atoms with Crippen LogP contribution >= 0.6 is 34.4 Å². The summed E-state index contributed by atoms with van der Waals surface area (Å²) in [5.74, 6) is -0.253. The maximum absolute atomic E-state index is 12.8. The molecule has 8 nitrogen and oxygen atoms in total. The van der Waals surface area contributed by atoms with E-state index in [1.807, 2.05) is 62.4 Å². The highest BCUT2D eigenvalue weighted by molar-refractivity contribution is 7.99. The predicted octanol–water partition coefficient (Wildman–Crippen LogP) is 8.12. The molecule has 2 aromatic carbocycles. The molecule has 0 bridgehead atoms. The average molecular weight is 641 g/mol. The Labute approximate surface area is 263 Å². The number of rotatable bonds is 16. The van der Waals surface area contributed by atoms with Gasteiger partial charge in [0.15, 0.2) is 0 Å². The van der Waals surface area contributed by atoms with Crippen molar-refractivity contribution in [2.24, 2.45) is 0 Å². The largest absolute Gasteiger partial charge is 0.462 e. The summed E-state index contributed by atoms with van der Waals surface area (Å²) in [4.78, 5) is 51.2. The van der Waals surface area contributed by atoms with Crippen molar-refractivity contribution in [3.8, 4) is 0 Å². The summed E-state index contributed by atoms with van der Waals surface area (Å²) in [6.45, 7) is 4.73. The Kier molecular flexibility index (Phi) is 12.4. The van der Waals surface area contributed by atoms with Gasteiger partial charge in [0, 0.05) is 44.5 Å². The summed E-state index contributed by atoms with van der Waals surface area (Å²) in [6.07, 6.45) is 3.86. The van der Waals surface area contributed by atoms with Gasteiger partial charge in [0.05, 0.1) is 13.2 Å². The van der Waals surface area contributed by atoms with Crippen molar-refractivity contribution < 1.29 is 28.7 Å². The van der Waals surface area contributed by atoms with E-state index in [0.717, 1.165) is 45.9 Å². The lowest BCUT2D eigenvalue weighted by Gasteiger charge is -2.08. The first-order valence-corrected chi connectivity index (χ1v) is 17.3. The van der Waals surface area contributed by atoms with Crippen molar-refractivity contribution in [3.05, 3.63) is 59.7 Å². The Bertz CT molecular complexity index is 1460. The van der Waals surface area contributed by atoms with Crippen LogP contribution in [0.3, 0.4) is 0 Å². The Morgan fingerprint density at radius 1 is 0.674 bits per heavy atom. The number of nitrogens with one attached hydrogen (secondary N) is 2. The minimum Gasteiger partial charge on any atom is -0.462 e. The molecule has 0 unspecified atom stereocenters. The van der Waals surface area contributed by atoms with Crippen molar-refractivity contribution in [2.75, 3.05) is 35.4 Å². The number of amides is 2. The van der Waals surface area contributed by atoms with Gasteiger partial charge in [-0.05, 0) is 25.0 Å². The third kappa shape index (κ3) is 8.81. The van der Waals surface area contributed by atoms with Crippen molar-refractivity contribution in [2.45, 2.75) is 52.4 Å². The monoisotopic (exact) mass is 640 g/mol. The molecule has 4 rings (SSSR count). The van der Waals surface area contributed by atoms with E-state index in [0.29, 0.717) is 45.8 Å². The zero-order valence-corrected chi connectivity index (χ0v) is 26.8. The Morgan fingerprint density at radius 3 is 1.51 bits per heavy atom. The Morgan fingerprint density at radius 2 is 1.09 bits per heavy atom. The van der Waals surface area contributed by atoms with E-state index in [2.05, 4.69) is 10.6 Å². The fraction of sp³-hybridized carbons (Fsp3) is 0.375. The van der Waals surface area contributed by atoms with E-state index in [1.165, 1.54) is 34.4 Å². The number of esters is 2. The van der Waals surface area contributed by atoms with Crippen LogP contribution in [0, 0.1) is 0 Å². The second-order valence-corrected chi connectivity index (χ2v) is 13.1. The van der Waals surface area contributed by atoms with E-state index in [-0.39, 0.29) is 24.7 Å². The molecule has 2 aromatic heterocycles. The van der Waals surface area contributed by atoms with Crippen molar-refractivity contribution in [1.29, 1.82) is 0 Å². The van der Waals surface area contributed by atoms with Crippen LogP contribution in [-0.4, -0.2) is 48.5 Å². The van der Waals surface area contributed by atoms with Gasteiger partial charge in [-0.1, -0.05) is 63.1 Å². The Hall–Kier alpha value is -3.41. The lowest BCUT2D eigenvalue weighted by atomic mass is 10.1. The van der Waals surface area contributed by atoms with E-state index in [4.69, 9.17) is 9.47 Å². The van der Waals surface area contributed by atoms with Gasteiger partial charge < -0.3 is 20.1 Å². The highest BCUT2D eigenvalue weighted by atomic mass is 32.2. The summed E-state index contributed by atoms with van der Waals surface area (Å²) >= 11 is 4.20. The van der Waals surface area contributed by atoms with E-state index in [9.17, 15) is 19.2 Å². The second-order valence-electron chi connectivity index (χ2n) is 9.79. The molecule has 2 amide bonds. The van der Waals surface area contributed by atoms with Crippen LogP contribution in [0.2, 0.25) is 0 Å². The zero-order chi connectivity index (χ0) is 30.6. The second kappa shape index (κ2) is 16.4. The van der Waals surface area contributed by atoms with Crippen molar-refractivity contribution in [1.82, 2.24) is 0 Å². The molecule has 11 heteroatoms. The van der Waals surface area contributed by atoms with Gasteiger partial charge in [0.25, 0.3) is 0 Å². The molecule has 0 spiro atoms. The summed E-state index contributed by atoms with van der Waals surface area (Å²) in [6, 6.07) is 15.0. The molecule has 0 aliphatic rings. The molecule has 43 heavy (non-hydrogen) atoms. The number of fused-ring (bicyclic) bond motifs is 2. The molecule has 0 saturated carbocycles. The molecule has 4 aromatic rings. The zero-order valence-electron chi connectivity index (χ0n) is 24.4. The minimum absolute atomic E-state index is 0.206. The van der Waals surface area contributed by atoms with E-state index in [1.54, 1.807) is 0 Å². The molecule has 2 N–H and O–H groups in total. The normalized spacial score (nSPS) is 11.0. The quantitative estimate of drug-likeness (QED) is 0.0940. The summed E-state index contributed by atoms with van der Waals surface area (Å²) in [5, 5.41) is 8.30. The van der Waals surface area contributed by atoms with Crippen LogP contribution in [-0.2, 0) is 19.1 Å². The predicted molar refractivity (Wildman–Crippen MR) is 178 cm³/mol. The summed E-state index contributed by atoms with van der Waals surface area (Å²) in [5.41, 5.74) is 0.786. The van der Waals surface area contributed by atoms with Crippen LogP contribution < -0.4 is 10.6 Å². The third-order valence-corrected chi connectivity index (χ3v) is 9.67. The fourth-order valence-electron chi connectivity index (χ4n) is 4.25. The topological polar surface area (TPSA) is 111 Å². The van der Waals surface area contributed by atoms with Crippen LogP contribution in [0.15, 0.2) is 48.5 Å². The van der Waals surface area contributed by atoms with Gasteiger partial charge in [0.1, 0.15) is 21.1 Å². The van der Waals surface area contributed by atoms with Crippen LogP contribution in [0.5, 0.6) is 0 Å². The Balaban J connectivity index is 1.27. The molecule has 0 saturated heterocycles. The van der Waals surface area contributed by atoms with Crippen LogP contribution in [0.25, 0.3) is 20.2 Å². The van der Waals surface area contributed by atoms with Crippen LogP contribution in [0.4, 0.5) is 10.0 Å². The van der Waals surface area contributed by atoms with Gasteiger partial charge in [-0.2, -0.15) is 11.8 Å². The highest BCUT2D eigenvalue weighted by Crippen LogP contribution is 2.37. The van der Waals surface area contributed by atoms with Gasteiger partial charge in [-0.15, -0.1) is 22.7 Å². The van der Waals surface area contributed by atoms with Crippen molar-refractivity contribution in [3.63, 3.8) is 0 Å². The number of carbonyl (C=O) groups is 4. The molecule has 0 aliphatic heterocycles. The number of thioether (sulfide) groups is 1. The molecule has 0 radical (unpaired) electrons. The first-order chi connectivity index (χ1) is 20.9. The molecule has 0 atom stereocenters. The molecule has 0 fully saturated rings. The number of anilines is 2. The third-order valence-electron chi connectivity index (χ3n) is 6.51. The fourth-order valence-corrected chi connectivity index (χ4v) is 7.32. The average Bonchev–Trinajstić information content (AvgIpc) is 3.54. The standard InChI is InChI=1S/C32H36N2O6S3/c1-3-5-17-39-31(37)27-21-11-7-9-13-23(21)42-29(27)33-25(35)15-19-41-20-16-26(36)34-30-28(32(38)40-18-6-4-2)22-12-8-10-14-24(22)43-30/h7-14H,3-6,15-20H2,1-2H3,(H,33,35)(H,34,36). The number of carbonyl (C=O) groups excluding carboxylic acids is 4. The molecule has 2 heterocycles. The molecular formula is C32H36N2O6S3. The maximum Gasteiger partial charge on any atom is 0.341 e. The lowest BCUT2D eigenvalue weighted by Crippen LogP contribution is -2.16. The van der Waals surface area contributed by atoms with Gasteiger partial charge in [0.2, 0.25) is 11.8 Å². The first-order valence-electron chi connectivity index (χ1n) is 14.5. The number of ether oxygens (including phenoxy) is 2. The number of hydrogen-bond donors (Lipinski definition) is 2. The van der Waals surface area contributed by atoms with Crippen LogP contribution in [0.1, 0.15) is 73.1 Å². The first kappa shape index (κ1) is 32.5. The number of thiophene rings is 2. The molecular weight excluding hydrogens is 605 g/mol. The highest BCUT2D eigenvalue weighted by Gasteiger charge is 2.23. The summed E-state index contributed by atoms with van der Waals surface area (Å²) in [7, 11) is 0. The molecule has 228 valence electrons. The number of hydrogen-bond acceptors (Lipinski definition) is 9. The summed E-state index contributed by atoms with van der Waals surface area (Å²) < 4.78 is 12.7. The van der Waals surface area contributed by atoms with Gasteiger partial charge >= 0.3 is 11.9 Å². The lowest BCUT2D eigenvalue weighted by molar-refractivity contribution is -0.116. The smallest absolute Gasteiger partial charge is 0.341 e. The van der Waals surface area contributed by atoms with E-state index < -0.39 is 11.9 Å². The SMILES string of the molecule is CCCCOC(=O)c1c(NC(=O)CCSCCC(=O)Nc2sc3ccccc3c2C(=O)OCCCC)sc2ccccc12. The van der Waals surface area contributed by atoms with Crippen molar-refractivity contribution >= 4 is 88.4 Å². The minimum atomic E-state index is -0.433. The maximum atomic E-state index is 12.8. The number of benzene rings is 2. The van der Waals surface area contributed by atoms with Gasteiger partial charge in [-0.25, -0.2) is 9.59 Å². The van der Waals surface area contributed by atoms with Gasteiger partial charge in [-0.3, -0.25) is 9.59 Å².